The van der Waals surface area contributed by atoms with Gasteiger partial charge in [0.25, 0.3) is 0 Å². The van der Waals surface area contributed by atoms with Crippen LogP contribution in [0.5, 0.6) is 0 Å². The standard InChI is InChI=1S/C11H18N2O/c1-9(14)6-7-13(2)11-5-3-4-10(12)8-11/h3-5,8-9,14H,6-7,12H2,1-2H3. The Bertz CT molecular complexity index is 286. The lowest BCUT2D eigenvalue weighted by Gasteiger charge is -2.20. The number of aliphatic hydroxyl groups excluding tert-OH is 1. The van der Waals surface area contributed by atoms with Gasteiger partial charge in [-0.1, -0.05) is 6.07 Å². The minimum atomic E-state index is -0.251. The van der Waals surface area contributed by atoms with Crippen LogP contribution in [0.25, 0.3) is 0 Å². The first kappa shape index (κ1) is 10.9. The van der Waals surface area contributed by atoms with Crippen molar-refractivity contribution in [1.29, 1.82) is 0 Å². The van der Waals surface area contributed by atoms with E-state index in [4.69, 9.17) is 10.8 Å². The number of nitrogens with two attached hydrogens (primary N) is 1. The predicted octanol–water partition coefficient (Wildman–Crippen LogP) is 1.48. The van der Waals surface area contributed by atoms with E-state index >= 15 is 0 Å². The number of aliphatic hydroxyl groups is 1. The van der Waals surface area contributed by atoms with E-state index in [1.54, 1.807) is 6.92 Å². The SMILES string of the molecule is CC(O)CCN(C)c1cccc(N)c1. The number of nitrogens with zero attached hydrogens (tertiary/aromatic N) is 1. The molecular formula is C11H18N2O. The number of benzene rings is 1. The van der Waals surface area contributed by atoms with Crippen molar-refractivity contribution < 1.29 is 5.11 Å². The van der Waals surface area contributed by atoms with Gasteiger partial charge >= 0.3 is 0 Å². The van der Waals surface area contributed by atoms with Gasteiger partial charge in [0.15, 0.2) is 0 Å². The fraction of sp³-hybridized carbons (Fsp3) is 0.455. The normalized spacial score (nSPS) is 12.5. The number of hydrogen-bond donors (Lipinski definition) is 2. The van der Waals surface area contributed by atoms with Gasteiger partial charge in [-0.05, 0) is 31.5 Å². The molecule has 3 N–H and O–H groups in total. The van der Waals surface area contributed by atoms with Gasteiger partial charge in [-0.25, -0.2) is 0 Å². The van der Waals surface area contributed by atoms with Crippen LogP contribution in [0.2, 0.25) is 0 Å². The molecule has 0 aromatic heterocycles. The van der Waals surface area contributed by atoms with Gasteiger partial charge in [0.05, 0.1) is 6.10 Å². The van der Waals surface area contributed by atoms with E-state index in [9.17, 15) is 0 Å². The smallest absolute Gasteiger partial charge is 0.0528 e. The van der Waals surface area contributed by atoms with Crippen molar-refractivity contribution in [3.63, 3.8) is 0 Å². The molecule has 1 unspecified atom stereocenters. The van der Waals surface area contributed by atoms with Gasteiger partial charge in [0.1, 0.15) is 0 Å². The van der Waals surface area contributed by atoms with Crippen LogP contribution < -0.4 is 10.6 Å². The summed E-state index contributed by atoms with van der Waals surface area (Å²) in [6.07, 6.45) is 0.518. The molecule has 0 aliphatic rings. The summed E-state index contributed by atoms with van der Waals surface area (Å²) in [5, 5.41) is 9.15. The van der Waals surface area contributed by atoms with Crippen molar-refractivity contribution >= 4 is 11.4 Å². The van der Waals surface area contributed by atoms with Crippen molar-refractivity contribution in [2.45, 2.75) is 19.4 Å². The van der Waals surface area contributed by atoms with Crippen LogP contribution in [0.4, 0.5) is 11.4 Å². The highest BCUT2D eigenvalue weighted by Gasteiger charge is 2.02. The van der Waals surface area contributed by atoms with Crippen molar-refractivity contribution in [1.82, 2.24) is 0 Å². The number of anilines is 2. The zero-order valence-electron chi connectivity index (χ0n) is 8.77. The topological polar surface area (TPSA) is 49.5 Å². The molecule has 0 radical (unpaired) electrons. The molecule has 0 heterocycles. The zero-order valence-corrected chi connectivity index (χ0v) is 8.77. The lowest BCUT2D eigenvalue weighted by molar-refractivity contribution is 0.187. The van der Waals surface area contributed by atoms with Crippen LogP contribution in [0.1, 0.15) is 13.3 Å². The molecule has 0 saturated carbocycles. The summed E-state index contributed by atoms with van der Waals surface area (Å²) in [5.74, 6) is 0. The molecule has 78 valence electrons. The maximum absolute atomic E-state index is 9.15. The van der Waals surface area contributed by atoms with Crippen LogP contribution in [0.3, 0.4) is 0 Å². The fourth-order valence-corrected chi connectivity index (χ4v) is 1.27. The maximum Gasteiger partial charge on any atom is 0.0528 e. The van der Waals surface area contributed by atoms with Crippen molar-refractivity contribution in [3.8, 4) is 0 Å². The number of hydrogen-bond acceptors (Lipinski definition) is 3. The van der Waals surface area contributed by atoms with E-state index in [2.05, 4.69) is 4.90 Å². The molecule has 0 amide bonds. The summed E-state index contributed by atoms with van der Waals surface area (Å²) in [4.78, 5) is 2.09. The molecule has 3 heteroatoms. The third-order valence-electron chi connectivity index (χ3n) is 2.19. The Morgan fingerprint density at radius 2 is 2.21 bits per heavy atom. The van der Waals surface area contributed by atoms with E-state index < -0.39 is 0 Å². The number of nitrogen functional groups attached to an aromatic ring is 1. The van der Waals surface area contributed by atoms with E-state index in [0.717, 1.165) is 24.3 Å². The molecular weight excluding hydrogens is 176 g/mol. The van der Waals surface area contributed by atoms with E-state index in [-0.39, 0.29) is 6.10 Å². The molecule has 0 bridgehead atoms. The zero-order chi connectivity index (χ0) is 10.6. The van der Waals surface area contributed by atoms with Crippen LogP contribution >= 0.6 is 0 Å². The molecule has 1 aromatic rings. The first-order valence-electron chi connectivity index (χ1n) is 4.84. The Labute approximate surface area is 85.2 Å². The summed E-state index contributed by atoms with van der Waals surface area (Å²) >= 11 is 0. The van der Waals surface area contributed by atoms with E-state index in [1.807, 2.05) is 31.3 Å². The Kier molecular flexibility index (Phi) is 3.77. The van der Waals surface area contributed by atoms with Gasteiger partial charge < -0.3 is 15.7 Å². The Hall–Kier alpha value is -1.22. The average Bonchev–Trinajstić information content (AvgIpc) is 2.14. The summed E-state index contributed by atoms with van der Waals surface area (Å²) in [6, 6.07) is 7.75. The fourth-order valence-electron chi connectivity index (χ4n) is 1.27. The molecule has 14 heavy (non-hydrogen) atoms. The minimum absolute atomic E-state index is 0.251. The Morgan fingerprint density at radius 3 is 2.79 bits per heavy atom. The molecule has 3 nitrogen and oxygen atoms in total. The minimum Gasteiger partial charge on any atom is -0.399 e. The van der Waals surface area contributed by atoms with Crippen LogP contribution in [-0.4, -0.2) is 24.8 Å². The van der Waals surface area contributed by atoms with Crippen molar-refractivity contribution in [2.75, 3.05) is 24.2 Å². The summed E-state index contributed by atoms with van der Waals surface area (Å²) in [6.45, 7) is 2.63. The van der Waals surface area contributed by atoms with Crippen molar-refractivity contribution in [3.05, 3.63) is 24.3 Å². The predicted molar refractivity (Wildman–Crippen MR) is 60.4 cm³/mol. The summed E-state index contributed by atoms with van der Waals surface area (Å²) in [7, 11) is 2.00. The Balaban J connectivity index is 2.56. The van der Waals surface area contributed by atoms with Crippen molar-refractivity contribution in [2.24, 2.45) is 0 Å². The lowest BCUT2D eigenvalue weighted by atomic mass is 10.2. The molecule has 1 atom stereocenters. The lowest BCUT2D eigenvalue weighted by Crippen LogP contribution is -2.21. The molecule has 0 aliphatic carbocycles. The quantitative estimate of drug-likeness (QED) is 0.714. The molecule has 1 rings (SSSR count). The van der Waals surface area contributed by atoms with E-state index in [0.29, 0.717) is 0 Å². The second-order valence-corrected chi connectivity index (χ2v) is 3.65. The molecule has 0 aliphatic heterocycles. The molecule has 0 spiro atoms. The van der Waals surface area contributed by atoms with Gasteiger partial charge in [-0.3, -0.25) is 0 Å². The second-order valence-electron chi connectivity index (χ2n) is 3.65. The monoisotopic (exact) mass is 194 g/mol. The summed E-state index contributed by atoms with van der Waals surface area (Å²) < 4.78 is 0. The largest absolute Gasteiger partial charge is 0.399 e. The van der Waals surface area contributed by atoms with Gasteiger partial charge in [0, 0.05) is 25.0 Å². The third-order valence-corrected chi connectivity index (χ3v) is 2.19. The summed E-state index contributed by atoms with van der Waals surface area (Å²) in [5.41, 5.74) is 7.53. The van der Waals surface area contributed by atoms with Gasteiger partial charge in [-0.15, -0.1) is 0 Å². The van der Waals surface area contributed by atoms with Gasteiger partial charge in [0.2, 0.25) is 0 Å². The van der Waals surface area contributed by atoms with Crippen LogP contribution in [-0.2, 0) is 0 Å². The maximum atomic E-state index is 9.15. The first-order chi connectivity index (χ1) is 6.59. The average molecular weight is 194 g/mol. The Morgan fingerprint density at radius 1 is 1.50 bits per heavy atom. The molecule has 0 saturated heterocycles. The van der Waals surface area contributed by atoms with Crippen LogP contribution in [0, 0.1) is 0 Å². The second kappa shape index (κ2) is 4.86. The highest BCUT2D eigenvalue weighted by Crippen LogP contribution is 2.16. The highest BCUT2D eigenvalue weighted by molar-refractivity contribution is 5.55. The number of rotatable bonds is 4. The van der Waals surface area contributed by atoms with Crippen LogP contribution in [0.15, 0.2) is 24.3 Å². The molecule has 0 fully saturated rings. The van der Waals surface area contributed by atoms with E-state index in [1.165, 1.54) is 0 Å². The first-order valence-corrected chi connectivity index (χ1v) is 4.84. The van der Waals surface area contributed by atoms with Gasteiger partial charge in [-0.2, -0.15) is 0 Å². The third kappa shape index (κ3) is 3.26. The highest BCUT2D eigenvalue weighted by atomic mass is 16.3. The molecule has 1 aromatic carbocycles.